The molecule has 0 atom stereocenters. The van der Waals surface area contributed by atoms with E-state index < -0.39 is 10.0 Å². The van der Waals surface area contributed by atoms with Crippen molar-refractivity contribution < 1.29 is 12.8 Å². The second kappa shape index (κ2) is 8.32. The molecule has 0 bridgehead atoms. The summed E-state index contributed by atoms with van der Waals surface area (Å²) in [6.45, 7) is 3.96. The fourth-order valence-corrected chi connectivity index (χ4v) is 4.62. The largest absolute Gasteiger partial charge is 0.437 e. The Bertz CT molecular complexity index is 1440. The average Bonchev–Trinajstić information content (AvgIpc) is 2.75. The first-order valence-corrected chi connectivity index (χ1v) is 12.0. The van der Waals surface area contributed by atoms with E-state index in [1.807, 2.05) is 37.3 Å². The Balaban J connectivity index is 2.04. The van der Waals surface area contributed by atoms with Gasteiger partial charge in [0.2, 0.25) is 5.55 Å². The number of hydrogen-bond acceptors (Lipinski definition) is 4. The molecule has 0 aliphatic carbocycles. The summed E-state index contributed by atoms with van der Waals surface area (Å²) in [5, 5.41) is 0.677. The number of benzene rings is 3. The maximum atomic E-state index is 13.0. The SMILES string of the molecule is CCc1ccc(-c2c(N)c3cc(Br)ccc3oc2=NS(=O)(=O)c2ccc(C)cc2)cc1. The van der Waals surface area contributed by atoms with Crippen LogP contribution in [0.5, 0.6) is 0 Å². The van der Waals surface area contributed by atoms with Gasteiger partial charge in [-0.15, -0.1) is 4.40 Å². The van der Waals surface area contributed by atoms with E-state index in [0.29, 0.717) is 22.2 Å². The van der Waals surface area contributed by atoms with Crippen molar-refractivity contribution in [3.05, 3.63) is 87.9 Å². The highest BCUT2D eigenvalue weighted by Crippen LogP contribution is 2.32. The summed E-state index contributed by atoms with van der Waals surface area (Å²) in [5.74, 6) is 0. The van der Waals surface area contributed by atoms with E-state index in [1.54, 1.807) is 24.3 Å². The standard InChI is InChI=1S/C24H21BrN2O3S/c1-3-16-6-8-17(9-7-16)22-23(26)20-14-18(25)10-13-21(20)30-24(22)27-31(28,29)19-11-4-15(2)5-12-19/h4-14H,3,26H2,1-2H3. The topological polar surface area (TPSA) is 85.7 Å². The van der Waals surface area contributed by atoms with Gasteiger partial charge in [-0.2, -0.15) is 8.42 Å². The van der Waals surface area contributed by atoms with Crippen LogP contribution in [0.15, 0.2) is 84.9 Å². The lowest BCUT2D eigenvalue weighted by Crippen LogP contribution is -2.13. The van der Waals surface area contributed by atoms with Crippen LogP contribution in [0.2, 0.25) is 0 Å². The van der Waals surface area contributed by atoms with Gasteiger partial charge in [0.1, 0.15) is 5.58 Å². The molecule has 7 heteroatoms. The Labute approximate surface area is 189 Å². The average molecular weight is 497 g/mol. The molecule has 0 radical (unpaired) electrons. The maximum absolute atomic E-state index is 13.0. The number of anilines is 1. The lowest BCUT2D eigenvalue weighted by molar-refractivity contribution is 0.543. The van der Waals surface area contributed by atoms with Crippen LogP contribution in [0.4, 0.5) is 5.69 Å². The molecule has 3 aromatic carbocycles. The Morgan fingerprint density at radius 3 is 2.32 bits per heavy atom. The molecule has 0 fully saturated rings. The van der Waals surface area contributed by atoms with Gasteiger partial charge in [0.05, 0.1) is 16.1 Å². The Morgan fingerprint density at radius 2 is 1.68 bits per heavy atom. The van der Waals surface area contributed by atoms with Crippen molar-refractivity contribution in [3.8, 4) is 11.1 Å². The quantitative estimate of drug-likeness (QED) is 0.398. The predicted octanol–water partition coefficient (Wildman–Crippen LogP) is 5.60. The number of rotatable bonds is 4. The number of sulfonamides is 1. The summed E-state index contributed by atoms with van der Waals surface area (Å²) in [5.41, 5.74) is 10.6. The molecule has 0 amide bonds. The van der Waals surface area contributed by atoms with Crippen molar-refractivity contribution in [3.63, 3.8) is 0 Å². The number of nitrogens with two attached hydrogens (primary N) is 1. The molecule has 2 N–H and O–H groups in total. The summed E-state index contributed by atoms with van der Waals surface area (Å²) < 4.78 is 36.9. The van der Waals surface area contributed by atoms with Crippen LogP contribution in [0.25, 0.3) is 22.1 Å². The van der Waals surface area contributed by atoms with E-state index in [9.17, 15) is 8.42 Å². The lowest BCUT2D eigenvalue weighted by atomic mass is 10.0. The lowest BCUT2D eigenvalue weighted by Gasteiger charge is -2.11. The molecule has 4 aromatic rings. The molecular weight excluding hydrogens is 476 g/mol. The van der Waals surface area contributed by atoms with E-state index in [1.165, 1.54) is 12.1 Å². The Kier molecular flexibility index (Phi) is 5.73. The normalized spacial score (nSPS) is 12.4. The van der Waals surface area contributed by atoms with Crippen LogP contribution in [0.3, 0.4) is 0 Å². The highest BCUT2D eigenvalue weighted by molar-refractivity contribution is 9.10. The molecule has 0 aliphatic rings. The number of halogens is 1. The van der Waals surface area contributed by atoms with Crippen molar-refractivity contribution in [2.45, 2.75) is 25.2 Å². The van der Waals surface area contributed by atoms with Gasteiger partial charge in [-0.05, 0) is 54.8 Å². The number of fused-ring (bicyclic) bond motifs is 1. The molecule has 31 heavy (non-hydrogen) atoms. The van der Waals surface area contributed by atoms with Crippen LogP contribution in [-0.2, 0) is 16.4 Å². The van der Waals surface area contributed by atoms with Gasteiger partial charge in [0.15, 0.2) is 0 Å². The van der Waals surface area contributed by atoms with Crippen molar-refractivity contribution in [2.75, 3.05) is 5.73 Å². The van der Waals surface area contributed by atoms with Crippen LogP contribution < -0.4 is 11.3 Å². The fraction of sp³-hybridized carbons (Fsp3) is 0.125. The predicted molar refractivity (Wildman–Crippen MR) is 127 cm³/mol. The van der Waals surface area contributed by atoms with Gasteiger partial charge in [-0.3, -0.25) is 0 Å². The van der Waals surface area contributed by atoms with Crippen molar-refractivity contribution >= 4 is 42.6 Å². The molecule has 158 valence electrons. The van der Waals surface area contributed by atoms with E-state index >= 15 is 0 Å². The fourth-order valence-electron chi connectivity index (χ4n) is 3.33. The summed E-state index contributed by atoms with van der Waals surface area (Å²) >= 11 is 3.45. The monoisotopic (exact) mass is 496 g/mol. The minimum Gasteiger partial charge on any atom is -0.437 e. The Morgan fingerprint density at radius 1 is 1.00 bits per heavy atom. The summed E-state index contributed by atoms with van der Waals surface area (Å²) in [6.07, 6.45) is 0.893. The number of nitrogens with zero attached hydrogens (tertiary/aromatic N) is 1. The first kappa shape index (κ1) is 21.3. The second-order valence-corrected chi connectivity index (χ2v) is 9.79. The van der Waals surface area contributed by atoms with Gasteiger partial charge >= 0.3 is 0 Å². The summed E-state index contributed by atoms with van der Waals surface area (Å²) in [7, 11) is -4.00. The van der Waals surface area contributed by atoms with Crippen molar-refractivity contribution in [1.29, 1.82) is 0 Å². The van der Waals surface area contributed by atoms with Gasteiger partial charge in [-0.25, -0.2) is 0 Å². The van der Waals surface area contributed by atoms with E-state index in [-0.39, 0.29) is 10.4 Å². The highest BCUT2D eigenvalue weighted by Gasteiger charge is 2.18. The van der Waals surface area contributed by atoms with E-state index in [0.717, 1.165) is 27.6 Å². The molecule has 0 spiro atoms. The van der Waals surface area contributed by atoms with Crippen LogP contribution >= 0.6 is 15.9 Å². The van der Waals surface area contributed by atoms with Crippen molar-refractivity contribution in [1.82, 2.24) is 0 Å². The number of aryl methyl sites for hydroxylation is 2. The first-order valence-electron chi connectivity index (χ1n) is 9.77. The van der Waals surface area contributed by atoms with Gasteiger partial charge in [-0.1, -0.05) is 64.8 Å². The zero-order valence-electron chi connectivity index (χ0n) is 17.1. The molecule has 0 unspecified atom stereocenters. The minimum atomic E-state index is -4.00. The molecule has 4 rings (SSSR count). The van der Waals surface area contributed by atoms with E-state index in [4.69, 9.17) is 10.2 Å². The second-order valence-electron chi connectivity index (χ2n) is 7.27. The third-order valence-electron chi connectivity index (χ3n) is 5.09. The number of nitrogen functional groups attached to an aromatic ring is 1. The summed E-state index contributed by atoms with van der Waals surface area (Å²) in [6, 6.07) is 19.7. The van der Waals surface area contributed by atoms with Crippen LogP contribution in [0.1, 0.15) is 18.1 Å². The van der Waals surface area contributed by atoms with Crippen LogP contribution in [0, 0.1) is 6.92 Å². The molecule has 0 saturated heterocycles. The molecular formula is C24H21BrN2O3S. The third kappa shape index (κ3) is 4.29. The van der Waals surface area contributed by atoms with Gasteiger partial charge < -0.3 is 10.2 Å². The van der Waals surface area contributed by atoms with Crippen molar-refractivity contribution in [2.24, 2.45) is 4.40 Å². The smallest absolute Gasteiger partial charge is 0.285 e. The molecule has 0 saturated carbocycles. The van der Waals surface area contributed by atoms with Gasteiger partial charge in [0, 0.05) is 9.86 Å². The zero-order valence-corrected chi connectivity index (χ0v) is 19.5. The van der Waals surface area contributed by atoms with Crippen LogP contribution in [-0.4, -0.2) is 8.42 Å². The van der Waals surface area contributed by atoms with Gasteiger partial charge in [0.25, 0.3) is 10.0 Å². The highest BCUT2D eigenvalue weighted by atomic mass is 79.9. The summed E-state index contributed by atoms with van der Waals surface area (Å²) in [4.78, 5) is 0.0926. The molecule has 1 aromatic heterocycles. The first-order chi connectivity index (χ1) is 14.8. The molecule has 0 aliphatic heterocycles. The minimum absolute atomic E-state index is 0.0443. The maximum Gasteiger partial charge on any atom is 0.285 e. The van der Waals surface area contributed by atoms with E-state index in [2.05, 4.69) is 27.3 Å². The molecule has 5 nitrogen and oxygen atoms in total. The molecule has 1 heterocycles. The number of hydrogen-bond donors (Lipinski definition) is 1. The third-order valence-corrected chi connectivity index (χ3v) is 6.86. The zero-order chi connectivity index (χ0) is 22.2. The Hall–Kier alpha value is -2.90.